The Morgan fingerprint density at radius 1 is 1.16 bits per heavy atom. The summed E-state index contributed by atoms with van der Waals surface area (Å²) in [5.41, 5.74) is 0. The van der Waals surface area contributed by atoms with E-state index in [-0.39, 0.29) is 0 Å². The summed E-state index contributed by atoms with van der Waals surface area (Å²) in [6, 6.07) is 1.99. The lowest BCUT2D eigenvalue weighted by Gasteiger charge is -2.44. The number of piperazine rings is 1. The van der Waals surface area contributed by atoms with Gasteiger partial charge in [-0.15, -0.1) is 0 Å². The van der Waals surface area contributed by atoms with Gasteiger partial charge in [0, 0.05) is 37.8 Å². The first-order chi connectivity index (χ1) is 8.99. The molecule has 0 spiro atoms. The molecule has 0 radical (unpaired) electrons. The molecule has 1 heterocycles. The van der Waals surface area contributed by atoms with Gasteiger partial charge in [0.2, 0.25) is 0 Å². The molecule has 3 nitrogen and oxygen atoms in total. The predicted octanol–water partition coefficient (Wildman–Crippen LogP) is 2.43. The molecule has 1 rings (SSSR count). The van der Waals surface area contributed by atoms with Gasteiger partial charge in [0.15, 0.2) is 0 Å². The van der Waals surface area contributed by atoms with Crippen LogP contribution in [-0.4, -0.2) is 61.2 Å². The first-order valence-electron chi connectivity index (χ1n) is 8.17. The third-order valence-corrected chi connectivity index (χ3v) is 4.88. The summed E-state index contributed by atoms with van der Waals surface area (Å²) >= 11 is 0. The Kier molecular flexibility index (Phi) is 7.33. The van der Waals surface area contributed by atoms with E-state index in [1.165, 1.54) is 32.5 Å². The van der Waals surface area contributed by atoms with Gasteiger partial charge in [-0.25, -0.2) is 0 Å². The minimum atomic E-state index is 0.646. The molecule has 1 N–H and O–H groups in total. The lowest BCUT2D eigenvalue weighted by atomic mass is 9.97. The molecule has 114 valence electrons. The highest BCUT2D eigenvalue weighted by Crippen LogP contribution is 2.16. The van der Waals surface area contributed by atoms with Gasteiger partial charge in [-0.05, 0) is 39.8 Å². The second kappa shape index (κ2) is 8.23. The molecule has 1 saturated heterocycles. The molecular formula is C16H35N3. The highest BCUT2D eigenvalue weighted by atomic mass is 15.3. The SMILES string of the molecule is CCCNC(CN1CC(C)N(C)C(C)C1)C(C)CC. The van der Waals surface area contributed by atoms with Gasteiger partial charge in [0.1, 0.15) is 0 Å². The van der Waals surface area contributed by atoms with Crippen LogP contribution in [0.3, 0.4) is 0 Å². The normalized spacial score (nSPS) is 29.4. The first-order valence-corrected chi connectivity index (χ1v) is 8.17. The van der Waals surface area contributed by atoms with Crippen LogP contribution < -0.4 is 5.32 Å². The number of rotatable bonds is 7. The fourth-order valence-corrected chi connectivity index (χ4v) is 3.00. The molecule has 1 fully saturated rings. The summed E-state index contributed by atoms with van der Waals surface area (Å²) in [6.45, 7) is 16.4. The highest BCUT2D eigenvalue weighted by molar-refractivity contribution is 4.86. The maximum absolute atomic E-state index is 3.75. The number of nitrogens with one attached hydrogen (secondary N) is 1. The summed E-state index contributed by atoms with van der Waals surface area (Å²) in [4.78, 5) is 5.17. The van der Waals surface area contributed by atoms with E-state index in [1.54, 1.807) is 0 Å². The summed E-state index contributed by atoms with van der Waals surface area (Å²) in [5, 5.41) is 3.75. The molecule has 1 aliphatic rings. The topological polar surface area (TPSA) is 18.5 Å². The second-order valence-electron chi connectivity index (χ2n) is 6.53. The van der Waals surface area contributed by atoms with Crippen LogP contribution in [0.25, 0.3) is 0 Å². The molecule has 0 aromatic carbocycles. The van der Waals surface area contributed by atoms with E-state index in [1.807, 2.05) is 0 Å². The average molecular weight is 269 g/mol. The Morgan fingerprint density at radius 3 is 2.21 bits per heavy atom. The maximum Gasteiger partial charge on any atom is 0.0220 e. The Morgan fingerprint density at radius 2 is 1.74 bits per heavy atom. The van der Waals surface area contributed by atoms with E-state index < -0.39 is 0 Å². The monoisotopic (exact) mass is 269 g/mol. The third-order valence-electron chi connectivity index (χ3n) is 4.88. The zero-order valence-corrected chi connectivity index (χ0v) is 13.9. The van der Waals surface area contributed by atoms with Crippen LogP contribution in [0, 0.1) is 5.92 Å². The van der Waals surface area contributed by atoms with Crippen LogP contribution in [0.5, 0.6) is 0 Å². The number of likely N-dealkylation sites (N-methyl/N-ethyl adjacent to an activating group) is 1. The van der Waals surface area contributed by atoms with Crippen molar-refractivity contribution in [3.63, 3.8) is 0 Å². The summed E-state index contributed by atoms with van der Waals surface area (Å²) in [7, 11) is 2.26. The Bertz CT molecular complexity index is 232. The molecule has 3 heteroatoms. The van der Waals surface area contributed by atoms with Gasteiger partial charge in [-0.2, -0.15) is 0 Å². The van der Waals surface area contributed by atoms with E-state index in [4.69, 9.17) is 0 Å². The molecule has 1 aliphatic heterocycles. The fourth-order valence-electron chi connectivity index (χ4n) is 3.00. The minimum Gasteiger partial charge on any atom is -0.312 e. The third kappa shape index (κ3) is 5.05. The molecule has 0 bridgehead atoms. The zero-order valence-electron chi connectivity index (χ0n) is 13.9. The number of hydrogen-bond acceptors (Lipinski definition) is 3. The van der Waals surface area contributed by atoms with Crippen LogP contribution in [0.1, 0.15) is 47.5 Å². The van der Waals surface area contributed by atoms with Crippen LogP contribution in [0.15, 0.2) is 0 Å². The first kappa shape index (κ1) is 16.9. The van der Waals surface area contributed by atoms with Crippen LogP contribution >= 0.6 is 0 Å². The van der Waals surface area contributed by atoms with Crippen molar-refractivity contribution in [1.82, 2.24) is 15.1 Å². The molecule has 0 aromatic rings. The van der Waals surface area contributed by atoms with E-state index in [2.05, 4.69) is 56.8 Å². The zero-order chi connectivity index (χ0) is 14.4. The summed E-state index contributed by atoms with van der Waals surface area (Å²) < 4.78 is 0. The van der Waals surface area contributed by atoms with Crippen molar-refractivity contribution in [3.05, 3.63) is 0 Å². The van der Waals surface area contributed by atoms with Crippen molar-refractivity contribution in [2.75, 3.05) is 33.2 Å². The van der Waals surface area contributed by atoms with Crippen molar-refractivity contribution < 1.29 is 0 Å². The van der Waals surface area contributed by atoms with Crippen molar-refractivity contribution in [3.8, 4) is 0 Å². The van der Waals surface area contributed by atoms with Crippen molar-refractivity contribution in [2.24, 2.45) is 5.92 Å². The molecule has 0 aromatic heterocycles. The second-order valence-corrected chi connectivity index (χ2v) is 6.53. The standard InChI is InChI=1S/C16H35N3/c1-7-9-17-16(13(3)8-2)12-19-10-14(4)18(6)15(5)11-19/h13-17H,7-12H2,1-6H3. The van der Waals surface area contributed by atoms with Gasteiger partial charge in [-0.1, -0.05) is 27.2 Å². The van der Waals surface area contributed by atoms with Crippen molar-refractivity contribution in [1.29, 1.82) is 0 Å². The van der Waals surface area contributed by atoms with Crippen molar-refractivity contribution in [2.45, 2.75) is 65.6 Å². The summed E-state index contributed by atoms with van der Waals surface area (Å²) in [5.74, 6) is 0.761. The Hall–Kier alpha value is -0.120. The Balaban J connectivity index is 2.53. The summed E-state index contributed by atoms with van der Waals surface area (Å²) in [6.07, 6.45) is 2.49. The number of nitrogens with zero attached hydrogens (tertiary/aromatic N) is 2. The smallest absolute Gasteiger partial charge is 0.0220 e. The van der Waals surface area contributed by atoms with Crippen LogP contribution in [-0.2, 0) is 0 Å². The van der Waals surface area contributed by atoms with Crippen molar-refractivity contribution >= 4 is 0 Å². The van der Waals surface area contributed by atoms with E-state index in [0.29, 0.717) is 18.1 Å². The van der Waals surface area contributed by atoms with E-state index in [0.717, 1.165) is 12.5 Å². The fraction of sp³-hybridized carbons (Fsp3) is 1.00. The molecule has 0 saturated carbocycles. The van der Waals surface area contributed by atoms with Crippen LogP contribution in [0.2, 0.25) is 0 Å². The minimum absolute atomic E-state index is 0.646. The molecule has 19 heavy (non-hydrogen) atoms. The lowest BCUT2D eigenvalue weighted by molar-refractivity contribution is 0.0500. The van der Waals surface area contributed by atoms with Gasteiger partial charge >= 0.3 is 0 Å². The molecular weight excluding hydrogens is 234 g/mol. The van der Waals surface area contributed by atoms with Crippen LogP contribution in [0.4, 0.5) is 0 Å². The van der Waals surface area contributed by atoms with E-state index >= 15 is 0 Å². The lowest BCUT2D eigenvalue weighted by Crippen LogP contribution is -2.58. The largest absolute Gasteiger partial charge is 0.312 e. The van der Waals surface area contributed by atoms with Gasteiger partial charge in [0.05, 0.1) is 0 Å². The average Bonchev–Trinajstić information content (AvgIpc) is 2.39. The highest BCUT2D eigenvalue weighted by Gasteiger charge is 2.28. The molecule has 4 atom stereocenters. The predicted molar refractivity (Wildman–Crippen MR) is 84.7 cm³/mol. The van der Waals surface area contributed by atoms with Gasteiger partial charge in [-0.3, -0.25) is 9.80 Å². The quantitative estimate of drug-likeness (QED) is 0.766. The van der Waals surface area contributed by atoms with Gasteiger partial charge in [0.25, 0.3) is 0 Å². The Labute approximate surface area is 120 Å². The molecule has 0 aliphatic carbocycles. The molecule has 0 amide bonds. The van der Waals surface area contributed by atoms with Gasteiger partial charge < -0.3 is 5.32 Å². The molecule has 4 unspecified atom stereocenters. The maximum atomic E-state index is 3.75. The van der Waals surface area contributed by atoms with E-state index in [9.17, 15) is 0 Å². The number of hydrogen-bond donors (Lipinski definition) is 1.